The van der Waals surface area contributed by atoms with E-state index < -0.39 is 0 Å². The Morgan fingerprint density at radius 3 is 2.72 bits per heavy atom. The van der Waals surface area contributed by atoms with Crippen molar-refractivity contribution in [1.82, 2.24) is 0 Å². The van der Waals surface area contributed by atoms with Gasteiger partial charge in [0.05, 0.1) is 13.5 Å². The van der Waals surface area contributed by atoms with Crippen LogP contribution < -0.4 is 5.73 Å². The number of hydrogen-bond acceptors (Lipinski definition) is 2. The highest BCUT2D eigenvalue weighted by Crippen LogP contribution is 2.24. The summed E-state index contributed by atoms with van der Waals surface area (Å²) in [6, 6.07) is 14.6. The minimum Gasteiger partial charge on any atom is -0.469 e. The largest absolute Gasteiger partial charge is 0.469 e. The van der Waals surface area contributed by atoms with Crippen molar-refractivity contribution < 1.29 is 15.3 Å². The summed E-state index contributed by atoms with van der Waals surface area (Å²) in [5.74, 6) is -0.177. The molecule has 94 valence electrons. The summed E-state index contributed by atoms with van der Waals surface area (Å²) in [7, 11) is 1.42. The molecule has 0 spiro atoms. The van der Waals surface area contributed by atoms with E-state index >= 15 is 0 Å². The molecule has 0 saturated carbocycles. The second-order valence-electron chi connectivity index (χ2n) is 4.38. The monoisotopic (exact) mass is 244 g/mol. The van der Waals surface area contributed by atoms with Gasteiger partial charge in [0.1, 0.15) is 6.04 Å². The zero-order chi connectivity index (χ0) is 13.0. The van der Waals surface area contributed by atoms with Gasteiger partial charge in [-0.15, -0.1) is 0 Å². The number of benzene rings is 2. The molecule has 0 saturated heterocycles. The van der Waals surface area contributed by atoms with Crippen molar-refractivity contribution in [2.24, 2.45) is 0 Å². The van der Waals surface area contributed by atoms with Crippen LogP contribution in [0.2, 0.25) is 0 Å². The molecule has 0 aliphatic carbocycles. The van der Waals surface area contributed by atoms with E-state index in [9.17, 15) is 4.79 Å². The molecule has 0 aliphatic heterocycles. The van der Waals surface area contributed by atoms with E-state index in [2.05, 4.69) is 34.7 Å². The maximum absolute atomic E-state index is 11.2. The summed E-state index contributed by atoms with van der Waals surface area (Å²) in [5, 5.41) is 2.42. The van der Waals surface area contributed by atoms with Gasteiger partial charge in [-0.1, -0.05) is 42.5 Å². The number of carbonyl (C=O) groups excluding carboxylic acids is 1. The Kier molecular flexibility index (Phi) is 3.95. The Morgan fingerprint density at radius 2 is 1.94 bits per heavy atom. The zero-order valence-electron chi connectivity index (χ0n) is 10.6. The Bertz CT molecular complexity index is 546. The second kappa shape index (κ2) is 5.65. The predicted molar refractivity (Wildman–Crippen MR) is 70.8 cm³/mol. The lowest BCUT2D eigenvalue weighted by atomic mass is 9.96. The normalized spacial score (nSPS) is 12.3. The molecule has 0 aromatic heterocycles. The molecule has 0 heterocycles. The lowest BCUT2D eigenvalue weighted by molar-refractivity contribution is -0.427. The van der Waals surface area contributed by atoms with Crippen LogP contribution in [0.15, 0.2) is 42.5 Å². The Morgan fingerprint density at radius 1 is 1.22 bits per heavy atom. The van der Waals surface area contributed by atoms with Crippen LogP contribution in [0.5, 0.6) is 0 Å². The summed E-state index contributed by atoms with van der Waals surface area (Å²) in [5.41, 5.74) is 5.35. The van der Waals surface area contributed by atoms with Gasteiger partial charge >= 0.3 is 5.97 Å². The lowest BCUT2D eigenvalue weighted by Gasteiger charge is -2.11. The summed E-state index contributed by atoms with van der Waals surface area (Å²) in [4.78, 5) is 11.2. The third-order valence-corrected chi connectivity index (χ3v) is 3.19. The lowest BCUT2D eigenvalue weighted by Crippen LogP contribution is -2.53. The maximum atomic E-state index is 11.2. The first kappa shape index (κ1) is 12.6. The zero-order valence-corrected chi connectivity index (χ0v) is 10.6. The van der Waals surface area contributed by atoms with Crippen LogP contribution in [-0.2, 0) is 9.53 Å². The smallest absolute Gasteiger partial charge is 0.305 e. The minimum absolute atomic E-state index is 0.107. The number of rotatable bonds is 4. The fourth-order valence-corrected chi connectivity index (χ4v) is 2.16. The quantitative estimate of drug-likeness (QED) is 0.837. The summed E-state index contributed by atoms with van der Waals surface area (Å²) in [6.07, 6.45) is 1.12. The second-order valence-corrected chi connectivity index (χ2v) is 4.38. The first-order valence-electron chi connectivity index (χ1n) is 6.10. The highest BCUT2D eigenvalue weighted by Gasteiger charge is 2.14. The molecule has 0 bridgehead atoms. The van der Waals surface area contributed by atoms with Crippen LogP contribution in [0.25, 0.3) is 10.8 Å². The third kappa shape index (κ3) is 2.68. The van der Waals surface area contributed by atoms with Gasteiger partial charge in [-0.25, -0.2) is 0 Å². The van der Waals surface area contributed by atoms with Crippen LogP contribution in [0.1, 0.15) is 24.4 Å². The number of esters is 1. The van der Waals surface area contributed by atoms with Gasteiger partial charge in [-0.2, -0.15) is 0 Å². The van der Waals surface area contributed by atoms with Gasteiger partial charge in [-0.05, 0) is 10.8 Å². The van der Waals surface area contributed by atoms with Crippen molar-refractivity contribution >= 4 is 16.7 Å². The van der Waals surface area contributed by atoms with Gasteiger partial charge in [0.2, 0.25) is 0 Å². The van der Waals surface area contributed by atoms with Crippen LogP contribution in [-0.4, -0.2) is 13.1 Å². The fraction of sp³-hybridized carbons (Fsp3) is 0.267. The molecule has 18 heavy (non-hydrogen) atoms. The molecule has 0 amide bonds. The molecule has 3 heteroatoms. The Hall–Kier alpha value is -1.87. The summed E-state index contributed by atoms with van der Waals surface area (Å²) in [6.45, 7) is 0. The van der Waals surface area contributed by atoms with E-state index in [1.54, 1.807) is 0 Å². The first-order chi connectivity index (χ1) is 8.72. The number of methoxy groups -OCH3 is 1. The van der Waals surface area contributed by atoms with E-state index in [4.69, 9.17) is 0 Å². The van der Waals surface area contributed by atoms with Crippen LogP contribution >= 0.6 is 0 Å². The standard InChI is InChI=1S/C15H17NO2/c1-18-15(17)10-9-14(16)13-8-4-6-11-5-2-3-7-12(11)13/h2-8,14H,9-10,16H2,1H3/p+1/t14-/m1/s1. The average Bonchev–Trinajstić information content (AvgIpc) is 2.43. The van der Waals surface area contributed by atoms with E-state index in [0.717, 1.165) is 0 Å². The third-order valence-electron chi connectivity index (χ3n) is 3.19. The minimum atomic E-state index is -0.177. The topological polar surface area (TPSA) is 53.9 Å². The molecule has 0 unspecified atom stereocenters. The molecule has 1 atom stereocenters. The Labute approximate surface area is 107 Å². The fourth-order valence-electron chi connectivity index (χ4n) is 2.16. The van der Waals surface area contributed by atoms with E-state index in [1.807, 2.05) is 18.2 Å². The van der Waals surface area contributed by atoms with Crippen LogP contribution in [0, 0.1) is 0 Å². The number of carbonyl (C=O) groups is 1. The van der Waals surface area contributed by atoms with E-state index in [-0.39, 0.29) is 12.0 Å². The Balaban J connectivity index is 2.22. The van der Waals surface area contributed by atoms with Crippen molar-refractivity contribution in [2.75, 3.05) is 7.11 Å². The molecule has 2 aromatic carbocycles. The van der Waals surface area contributed by atoms with Gasteiger partial charge in [0, 0.05) is 12.0 Å². The van der Waals surface area contributed by atoms with Crippen molar-refractivity contribution in [3.8, 4) is 0 Å². The molecule has 0 radical (unpaired) electrons. The highest BCUT2D eigenvalue weighted by atomic mass is 16.5. The first-order valence-corrected chi connectivity index (χ1v) is 6.10. The van der Waals surface area contributed by atoms with E-state index in [0.29, 0.717) is 12.8 Å². The number of hydrogen-bond donors (Lipinski definition) is 1. The SMILES string of the molecule is COC(=O)CC[C@@H]([NH3+])c1cccc2ccccc12. The predicted octanol–water partition coefficient (Wildman–Crippen LogP) is 2.08. The van der Waals surface area contributed by atoms with Crippen molar-refractivity contribution in [3.63, 3.8) is 0 Å². The average molecular weight is 244 g/mol. The number of quaternary nitrogens is 1. The van der Waals surface area contributed by atoms with Gasteiger partial charge in [0.15, 0.2) is 0 Å². The van der Waals surface area contributed by atoms with Gasteiger partial charge in [0.25, 0.3) is 0 Å². The van der Waals surface area contributed by atoms with Gasteiger partial charge in [-0.3, -0.25) is 4.79 Å². The van der Waals surface area contributed by atoms with Crippen LogP contribution in [0.3, 0.4) is 0 Å². The summed E-state index contributed by atoms with van der Waals surface area (Å²) < 4.78 is 4.66. The van der Waals surface area contributed by atoms with Crippen molar-refractivity contribution in [2.45, 2.75) is 18.9 Å². The van der Waals surface area contributed by atoms with Crippen molar-refractivity contribution in [1.29, 1.82) is 0 Å². The molecule has 3 nitrogen and oxygen atoms in total. The van der Waals surface area contributed by atoms with E-state index in [1.165, 1.54) is 23.4 Å². The van der Waals surface area contributed by atoms with Gasteiger partial charge < -0.3 is 10.5 Å². The molecular formula is C15H18NO2+. The maximum Gasteiger partial charge on any atom is 0.305 e. The van der Waals surface area contributed by atoms with Crippen LogP contribution in [0.4, 0.5) is 0 Å². The number of ether oxygens (including phenoxy) is 1. The summed E-state index contributed by atoms with van der Waals surface area (Å²) >= 11 is 0. The molecule has 3 N–H and O–H groups in total. The molecule has 0 fully saturated rings. The molecule has 2 rings (SSSR count). The molecule has 2 aromatic rings. The highest BCUT2D eigenvalue weighted by molar-refractivity contribution is 5.86. The number of fused-ring (bicyclic) bond motifs is 1. The van der Waals surface area contributed by atoms with Crippen molar-refractivity contribution in [3.05, 3.63) is 48.0 Å². The molecular weight excluding hydrogens is 226 g/mol. The molecule has 0 aliphatic rings.